The van der Waals surface area contributed by atoms with Gasteiger partial charge < -0.3 is 8.83 Å². The van der Waals surface area contributed by atoms with Crippen molar-refractivity contribution in [3.63, 3.8) is 0 Å². The largest absolute Gasteiger partial charge is 0.456 e. The minimum Gasteiger partial charge on any atom is -0.456 e. The first-order valence-corrected chi connectivity index (χ1v) is 23.6. The van der Waals surface area contributed by atoms with Gasteiger partial charge in [0.2, 0.25) is 0 Å². The SMILES string of the molecule is c1ccc(-c2cc(-c3cccc(-c4cccc5c4oc4ccccc45)c3)nc(-c3cccc(-c4ccc(-c5nc6ccccc6c6c(-c7ccccc7)c7c(cc56)oc5ccccc57)cc4)c3)n2)cc1. The average Bonchev–Trinajstić information content (AvgIpc) is 4.01. The minimum atomic E-state index is 0.651. The van der Waals surface area contributed by atoms with Crippen molar-refractivity contribution in [2.45, 2.75) is 0 Å². The van der Waals surface area contributed by atoms with Crippen LogP contribution >= 0.6 is 0 Å². The number of fused-ring (bicyclic) bond motifs is 9. The maximum absolute atomic E-state index is 6.62. The van der Waals surface area contributed by atoms with Gasteiger partial charge in [-0.2, -0.15) is 0 Å². The quantitative estimate of drug-likeness (QED) is 0.149. The van der Waals surface area contributed by atoms with Crippen LogP contribution in [0, 0.1) is 0 Å². The van der Waals surface area contributed by atoms with Crippen LogP contribution in [0.4, 0.5) is 0 Å². The lowest BCUT2D eigenvalue weighted by atomic mass is 9.89. The van der Waals surface area contributed by atoms with Crippen molar-refractivity contribution in [2.24, 2.45) is 0 Å². The zero-order valence-corrected chi connectivity index (χ0v) is 37.7. The van der Waals surface area contributed by atoms with E-state index in [-0.39, 0.29) is 0 Å². The summed E-state index contributed by atoms with van der Waals surface area (Å²) in [5, 5.41) is 7.74. The third-order valence-electron chi connectivity index (χ3n) is 13.7. The standard InChI is InChI=1S/C65H39N3O2/c1-3-16-41(17-4-1)55-39-56(46-22-14-21-45(37-46)48-27-15-28-50-49-24-8-11-30-57(49)70-64(48)50)68-65(67-55)47-23-13-20-44(36-47)40-32-34-43(35-33-40)63-53-38-59-62(52-26-9-12-31-58(52)69-59)60(42-18-5-2-6-19-42)61(53)51-25-7-10-29-54(51)66-63/h1-39H. The van der Waals surface area contributed by atoms with Crippen LogP contribution in [0.2, 0.25) is 0 Å². The van der Waals surface area contributed by atoms with Gasteiger partial charge in [-0.25, -0.2) is 15.0 Å². The third kappa shape index (κ3) is 6.59. The molecule has 0 radical (unpaired) electrons. The predicted molar refractivity (Wildman–Crippen MR) is 287 cm³/mol. The van der Waals surface area contributed by atoms with Crippen molar-refractivity contribution in [1.82, 2.24) is 15.0 Å². The van der Waals surface area contributed by atoms with Crippen LogP contribution in [-0.4, -0.2) is 15.0 Å². The molecular formula is C65H39N3O2. The maximum atomic E-state index is 6.62. The van der Waals surface area contributed by atoms with Crippen molar-refractivity contribution < 1.29 is 8.83 Å². The summed E-state index contributed by atoms with van der Waals surface area (Å²) in [6, 6.07) is 82.5. The van der Waals surface area contributed by atoms with E-state index in [2.05, 4.69) is 200 Å². The number of hydrogen-bond donors (Lipinski definition) is 0. The molecular weight excluding hydrogens is 855 g/mol. The summed E-state index contributed by atoms with van der Waals surface area (Å²) in [6.07, 6.45) is 0. The highest BCUT2D eigenvalue weighted by molar-refractivity contribution is 6.27. The molecule has 0 aliphatic carbocycles. The van der Waals surface area contributed by atoms with Gasteiger partial charge in [-0.05, 0) is 64.7 Å². The second-order valence-corrected chi connectivity index (χ2v) is 17.8. The van der Waals surface area contributed by atoms with Crippen LogP contribution in [0.5, 0.6) is 0 Å². The molecule has 0 aliphatic heterocycles. The van der Waals surface area contributed by atoms with E-state index < -0.39 is 0 Å². The molecule has 10 aromatic carbocycles. The number of furan rings is 2. The number of aromatic nitrogens is 3. The van der Waals surface area contributed by atoms with Crippen molar-refractivity contribution in [1.29, 1.82) is 0 Å². The molecule has 5 heteroatoms. The second kappa shape index (κ2) is 16.1. The lowest BCUT2D eigenvalue weighted by molar-refractivity contribution is 0.669. The lowest BCUT2D eigenvalue weighted by Crippen LogP contribution is -1.96. The topological polar surface area (TPSA) is 65.0 Å². The molecule has 0 spiro atoms. The maximum Gasteiger partial charge on any atom is 0.160 e. The predicted octanol–water partition coefficient (Wildman–Crippen LogP) is 17.6. The molecule has 4 heterocycles. The van der Waals surface area contributed by atoms with E-state index in [1.165, 1.54) is 0 Å². The van der Waals surface area contributed by atoms with E-state index >= 15 is 0 Å². The number of pyridine rings is 1. The van der Waals surface area contributed by atoms with Crippen molar-refractivity contribution >= 4 is 65.6 Å². The van der Waals surface area contributed by atoms with Gasteiger partial charge in [-0.1, -0.05) is 194 Å². The van der Waals surface area contributed by atoms with Crippen LogP contribution < -0.4 is 0 Å². The second-order valence-electron chi connectivity index (χ2n) is 17.8. The summed E-state index contributed by atoms with van der Waals surface area (Å²) in [7, 11) is 0. The van der Waals surface area contributed by atoms with E-state index in [1.807, 2.05) is 36.4 Å². The van der Waals surface area contributed by atoms with Gasteiger partial charge in [0.25, 0.3) is 0 Å². The smallest absolute Gasteiger partial charge is 0.160 e. The average molecular weight is 894 g/mol. The Bertz CT molecular complexity index is 4340. The normalized spacial score (nSPS) is 11.7. The molecule has 4 aromatic heterocycles. The van der Waals surface area contributed by atoms with Crippen LogP contribution in [0.15, 0.2) is 245 Å². The Hall–Kier alpha value is -9.45. The first-order valence-electron chi connectivity index (χ1n) is 23.6. The molecule has 0 bridgehead atoms. The Balaban J connectivity index is 0.872. The summed E-state index contributed by atoms with van der Waals surface area (Å²) >= 11 is 0. The minimum absolute atomic E-state index is 0.651. The molecule has 0 saturated heterocycles. The van der Waals surface area contributed by atoms with Gasteiger partial charge in [0, 0.05) is 71.1 Å². The number of hydrogen-bond acceptors (Lipinski definition) is 5. The fraction of sp³-hybridized carbons (Fsp3) is 0. The molecule has 5 nitrogen and oxygen atoms in total. The molecule has 326 valence electrons. The van der Waals surface area contributed by atoms with Crippen molar-refractivity contribution in [3.05, 3.63) is 237 Å². The molecule has 0 fully saturated rings. The molecule has 0 atom stereocenters. The van der Waals surface area contributed by atoms with E-state index in [1.54, 1.807) is 0 Å². The van der Waals surface area contributed by atoms with E-state index in [0.717, 1.165) is 138 Å². The molecule has 14 aromatic rings. The summed E-state index contributed by atoms with van der Waals surface area (Å²) in [6.45, 7) is 0. The Morgan fingerprint density at radius 1 is 0.286 bits per heavy atom. The van der Waals surface area contributed by atoms with Crippen LogP contribution in [0.25, 0.3) is 144 Å². The van der Waals surface area contributed by atoms with Gasteiger partial charge in [0.15, 0.2) is 5.82 Å². The van der Waals surface area contributed by atoms with E-state index in [4.69, 9.17) is 23.8 Å². The molecule has 0 saturated carbocycles. The van der Waals surface area contributed by atoms with E-state index in [9.17, 15) is 0 Å². The number of nitrogens with zero attached hydrogens (tertiary/aromatic N) is 3. The third-order valence-corrected chi connectivity index (χ3v) is 13.7. The summed E-state index contributed by atoms with van der Waals surface area (Å²) in [5.74, 6) is 0.651. The van der Waals surface area contributed by atoms with Crippen molar-refractivity contribution in [2.75, 3.05) is 0 Å². The Morgan fingerprint density at radius 3 is 1.66 bits per heavy atom. The molecule has 0 N–H and O–H groups in total. The van der Waals surface area contributed by atoms with Gasteiger partial charge >= 0.3 is 0 Å². The summed E-state index contributed by atoms with van der Waals surface area (Å²) in [4.78, 5) is 15.9. The molecule has 0 aliphatic rings. The Labute approximate surface area is 402 Å². The van der Waals surface area contributed by atoms with Crippen LogP contribution in [-0.2, 0) is 0 Å². The first-order chi connectivity index (χ1) is 34.7. The van der Waals surface area contributed by atoms with Gasteiger partial charge in [0.1, 0.15) is 22.3 Å². The van der Waals surface area contributed by atoms with Gasteiger partial charge in [0.05, 0.1) is 22.6 Å². The Morgan fingerprint density at radius 2 is 0.857 bits per heavy atom. The number of benzene rings is 10. The zero-order chi connectivity index (χ0) is 46.1. The fourth-order valence-electron chi connectivity index (χ4n) is 10.4. The van der Waals surface area contributed by atoms with Crippen LogP contribution in [0.1, 0.15) is 0 Å². The lowest BCUT2D eigenvalue weighted by Gasteiger charge is -2.16. The van der Waals surface area contributed by atoms with Gasteiger partial charge in [-0.3, -0.25) is 0 Å². The summed E-state index contributed by atoms with van der Waals surface area (Å²) < 4.78 is 13.1. The zero-order valence-electron chi connectivity index (χ0n) is 37.7. The molecule has 0 unspecified atom stereocenters. The first kappa shape index (κ1) is 39.7. The molecule has 14 rings (SSSR count). The highest BCUT2D eigenvalue weighted by Gasteiger charge is 2.22. The number of rotatable bonds is 7. The molecule has 0 amide bonds. The fourth-order valence-corrected chi connectivity index (χ4v) is 10.4. The summed E-state index contributed by atoms with van der Waals surface area (Å²) in [5.41, 5.74) is 17.5. The molecule has 70 heavy (non-hydrogen) atoms. The Kier molecular flexibility index (Phi) is 9.14. The van der Waals surface area contributed by atoms with Gasteiger partial charge in [-0.15, -0.1) is 0 Å². The number of para-hydroxylation sites is 4. The van der Waals surface area contributed by atoms with Crippen LogP contribution in [0.3, 0.4) is 0 Å². The monoisotopic (exact) mass is 893 g/mol. The van der Waals surface area contributed by atoms with Crippen molar-refractivity contribution in [3.8, 4) is 78.5 Å². The highest BCUT2D eigenvalue weighted by atomic mass is 16.3. The highest BCUT2D eigenvalue weighted by Crippen LogP contribution is 2.46. The van der Waals surface area contributed by atoms with E-state index in [0.29, 0.717) is 5.82 Å².